The summed E-state index contributed by atoms with van der Waals surface area (Å²) in [5.41, 5.74) is 0.955. The van der Waals surface area contributed by atoms with Crippen LogP contribution >= 0.6 is 11.8 Å². The molecule has 9 heteroatoms. The normalized spacial score (nSPS) is 26.0. The maximum absolute atomic E-state index is 13.4. The smallest absolute Gasteiger partial charge is 0.260 e. The van der Waals surface area contributed by atoms with E-state index >= 15 is 0 Å². The minimum absolute atomic E-state index is 0.0312. The molecular weight excluding hydrogens is 462 g/mol. The van der Waals surface area contributed by atoms with Crippen LogP contribution in [0.5, 0.6) is 5.75 Å². The standard InChI is InChI=1S/C26H31N5O3S/c1-29-21-17-19(24(32)30-11-13-31(14-12-30)26-27-9-4-10-28-26)7-8-22(21)35-23(25(29)33)16-18-5-3-6-20(15-18)34-2/h3-6,9-10,15-16,19,21-22H,7-8,11-14,17H2,1-2H3/b23-16+. The average molecular weight is 494 g/mol. The summed E-state index contributed by atoms with van der Waals surface area (Å²) in [6.07, 6.45) is 7.97. The van der Waals surface area contributed by atoms with E-state index in [1.807, 2.05) is 53.3 Å². The largest absolute Gasteiger partial charge is 0.497 e. The SMILES string of the molecule is COc1cccc(/C=C2/SC3CCC(C(=O)N4CCN(c5ncccn5)CC4)CC3N(C)C2=O)c1. The first-order chi connectivity index (χ1) is 17.0. The number of nitrogens with zero attached hydrogens (tertiary/aromatic N) is 5. The Hall–Kier alpha value is -3.07. The summed E-state index contributed by atoms with van der Waals surface area (Å²) in [4.78, 5) is 41.9. The van der Waals surface area contributed by atoms with Gasteiger partial charge in [0.2, 0.25) is 11.9 Å². The summed E-state index contributed by atoms with van der Waals surface area (Å²) in [7, 11) is 3.52. The number of hydrogen-bond donors (Lipinski definition) is 0. The molecule has 1 aromatic carbocycles. The van der Waals surface area contributed by atoms with Crippen LogP contribution in [0, 0.1) is 5.92 Å². The second kappa shape index (κ2) is 10.3. The molecule has 0 bridgehead atoms. The molecule has 3 aliphatic rings. The third-order valence-electron chi connectivity index (χ3n) is 7.23. The Kier molecular flexibility index (Phi) is 6.95. The first-order valence-corrected chi connectivity index (χ1v) is 13.0. The van der Waals surface area contributed by atoms with Gasteiger partial charge in [0.25, 0.3) is 5.91 Å². The summed E-state index contributed by atoms with van der Waals surface area (Å²) in [5, 5.41) is 0.311. The number of benzene rings is 1. The van der Waals surface area contributed by atoms with Crippen LogP contribution in [0.25, 0.3) is 6.08 Å². The molecule has 3 unspecified atom stereocenters. The topological polar surface area (TPSA) is 78.9 Å². The number of thioether (sulfide) groups is 1. The Balaban J connectivity index is 1.21. The van der Waals surface area contributed by atoms with E-state index in [1.165, 1.54) is 0 Å². The molecule has 3 atom stereocenters. The van der Waals surface area contributed by atoms with Gasteiger partial charge in [0, 0.05) is 62.8 Å². The van der Waals surface area contributed by atoms with E-state index in [4.69, 9.17) is 4.74 Å². The lowest BCUT2D eigenvalue weighted by Gasteiger charge is -2.45. The Labute approximate surface area is 210 Å². The summed E-state index contributed by atoms with van der Waals surface area (Å²) < 4.78 is 5.31. The molecule has 0 spiro atoms. The quantitative estimate of drug-likeness (QED) is 0.606. The Morgan fingerprint density at radius 3 is 2.63 bits per heavy atom. The minimum atomic E-state index is -0.0319. The number of carbonyl (C=O) groups is 2. The number of aromatic nitrogens is 2. The number of likely N-dealkylation sites (N-methyl/N-ethyl adjacent to an activating group) is 1. The van der Waals surface area contributed by atoms with Crippen LogP contribution < -0.4 is 9.64 Å². The number of carbonyl (C=O) groups excluding carboxylic acids is 2. The fourth-order valence-electron chi connectivity index (χ4n) is 5.24. The average Bonchev–Trinajstić information content (AvgIpc) is 2.92. The molecule has 2 aromatic rings. The lowest BCUT2D eigenvalue weighted by molar-refractivity contribution is -0.139. The molecule has 1 saturated carbocycles. The molecular formula is C26H31N5O3S. The van der Waals surface area contributed by atoms with Gasteiger partial charge in [-0.15, -0.1) is 11.8 Å². The molecule has 2 aliphatic heterocycles. The molecule has 184 valence electrons. The third-order valence-corrected chi connectivity index (χ3v) is 8.63. The lowest BCUT2D eigenvalue weighted by Crippen LogP contribution is -2.55. The predicted molar refractivity (Wildman–Crippen MR) is 137 cm³/mol. The number of fused-ring (bicyclic) bond motifs is 1. The first-order valence-electron chi connectivity index (χ1n) is 12.1. The van der Waals surface area contributed by atoms with Gasteiger partial charge in [-0.05, 0) is 49.1 Å². The Morgan fingerprint density at radius 2 is 1.89 bits per heavy atom. The van der Waals surface area contributed by atoms with Gasteiger partial charge in [-0.2, -0.15) is 0 Å². The van der Waals surface area contributed by atoms with E-state index in [9.17, 15) is 9.59 Å². The van der Waals surface area contributed by atoms with Crippen molar-refractivity contribution in [1.29, 1.82) is 0 Å². The van der Waals surface area contributed by atoms with Crippen molar-refractivity contribution >= 4 is 35.6 Å². The molecule has 3 fully saturated rings. The zero-order valence-corrected chi connectivity index (χ0v) is 21.0. The van der Waals surface area contributed by atoms with Crippen LogP contribution in [0.15, 0.2) is 47.6 Å². The monoisotopic (exact) mass is 493 g/mol. The number of rotatable bonds is 4. The van der Waals surface area contributed by atoms with Crippen molar-refractivity contribution in [1.82, 2.24) is 19.8 Å². The first kappa shape index (κ1) is 23.7. The van der Waals surface area contributed by atoms with Crippen molar-refractivity contribution in [3.8, 4) is 5.75 Å². The highest BCUT2D eigenvalue weighted by Crippen LogP contribution is 2.43. The van der Waals surface area contributed by atoms with Crippen molar-refractivity contribution < 1.29 is 14.3 Å². The van der Waals surface area contributed by atoms with E-state index in [0.717, 1.165) is 54.5 Å². The molecule has 35 heavy (non-hydrogen) atoms. The Bertz CT molecular complexity index is 1100. The van der Waals surface area contributed by atoms with E-state index in [0.29, 0.717) is 18.3 Å². The highest BCUT2D eigenvalue weighted by atomic mass is 32.2. The van der Waals surface area contributed by atoms with E-state index in [1.54, 1.807) is 31.3 Å². The molecule has 3 heterocycles. The zero-order valence-electron chi connectivity index (χ0n) is 20.2. The van der Waals surface area contributed by atoms with Gasteiger partial charge >= 0.3 is 0 Å². The number of methoxy groups -OCH3 is 1. The summed E-state index contributed by atoms with van der Waals surface area (Å²) in [6, 6.07) is 9.63. The van der Waals surface area contributed by atoms with Gasteiger partial charge < -0.3 is 19.4 Å². The van der Waals surface area contributed by atoms with Crippen molar-refractivity contribution in [2.45, 2.75) is 30.6 Å². The van der Waals surface area contributed by atoms with E-state index in [-0.39, 0.29) is 23.8 Å². The number of anilines is 1. The van der Waals surface area contributed by atoms with Gasteiger partial charge in [-0.3, -0.25) is 9.59 Å². The van der Waals surface area contributed by atoms with Gasteiger partial charge in [0.15, 0.2) is 0 Å². The number of ether oxygens (including phenoxy) is 1. The highest BCUT2D eigenvalue weighted by molar-refractivity contribution is 8.04. The van der Waals surface area contributed by atoms with Crippen molar-refractivity contribution in [3.63, 3.8) is 0 Å². The van der Waals surface area contributed by atoms with Crippen molar-refractivity contribution in [2.75, 3.05) is 45.2 Å². The molecule has 2 saturated heterocycles. The van der Waals surface area contributed by atoms with Crippen molar-refractivity contribution in [3.05, 3.63) is 53.2 Å². The lowest BCUT2D eigenvalue weighted by atomic mass is 9.83. The van der Waals surface area contributed by atoms with Gasteiger partial charge in [0.05, 0.1) is 12.0 Å². The maximum atomic E-state index is 13.4. The van der Waals surface area contributed by atoms with E-state index in [2.05, 4.69) is 14.9 Å². The molecule has 1 aliphatic carbocycles. The fourth-order valence-corrected chi connectivity index (χ4v) is 6.72. The summed E-state index contributed by atoms with van der Waals surface area (Å²) in [5.74, 6) is 1.71. The summed E-state index contributed by atoms with van der Waals surface area (Å²) in [6.45, 7) is 2.83. The van der Waals surface area contributed by atoms with Gasteiger partial charge in [-0.25, -0.2) is 9.97 Å². The number of amides is 2. The zero-order chi connectivity index (χ0) is 24.4. The van der Waals surface area contributed by atoms with Crippen LogP contribution in [0.3, 0.4) is 0 Å². The third kappa shape index (κ3) is 5.00. The van der Waals surface area contributed by atoms with Crippen molar-refractivity contribution in [2.24, 2.45) is 5.92 Å². The predicted octanol–water partition coefficient (Wildman–Crippen LogP) is 2.92. The van der Waals surface area contributed by atoms with Crippen LogP contribution in [0.4, 0.5) is 5.95 Å². The molecule has 0 radical (unpaired) electrons. The van der Waals surface area contributed by atoms with Crippen LogP contribution in [0.2, 0.25) is 0 Å². The Morgan fingerprint density at radius 1 is 1.11 bits per heavy atom. The fraction of sp³-hybridized carbons (Fsp3) is 0.462. The molecule has 5 rings (SSSR count). The van der Waals surface area contributed by atoms with Crippen LogP contribution in [-0.4, -0.2) is 83.2 Å². The molecule has 2 amide bonds. The molecule has 0 N–H and O–H groups in total. The van der Waals surface area contributed by atoms with Crippen LogP contribution in [-0.2, 0) is 9.59 Å². The maximum Gasteiger partial charge on any atom is 0.260 e. The second-order valence-corrected chi connectivity index (χ2v) is 10.6. The minimum Gasteiger partial charge on any atom is -0.497 e. The molecule has 8 nitrogen and oxygen atoms in total. The summed E-state index contributed by atoms with van der Waals surface area (Å²) >= 11 is 1.67. The second-order valence-electron chi connectivity index (χ2n) is 9.30. The van der Waals surface area contributed by atoms with Gasteiger partial charge in [-0.1, -0.05) is 12.1 Å². The molecule has 1 aromatic heterocycles. The van der Waals surface area contributed by atoms with E-state index < -0.39 is 0 Å². The number of piperazine rings is 1. The number of hydrogen-bond acceptors (Lipinski definition) is 7. The van der Waals surface area contributed by atoms with Gasteiger partial charge in [0.1, 0.15) is 5.75 Å². The highest BCUT2D eigenvalue weighted by Gasteiger charge is 2.43. The van der Waals surface area contributed by atoms with Crippen LogP contribution in [0.1, 0.15) is 24.8 Å².